The number of hydrogen-bond donors (Lipinski definition) is 1. The molecule has 0 saturated heterocycles. The molecule has 0 radical (unpaired) electrons. The molecule has 0 bridgehead atoms. The molecule has 0 heterocycles. The summed E-state index contributed by atoms with van der Waals surface area (Å²) in [7, 11) is 1.57. The molecule has 0 amide bonds. The van der Waals surface area contributed by atoms with Gasteiger partial charge in [0.2, 0.25) is 0 Å². The quantitative estimate of drug-likeness (QED) is 0.896. The van der Waals surface area contributed by atoms with Crippen molar-refractivity contribution in [2.75, 3.05) is 12.4 Å². The Bertz CT molecular complexity index is 605. The number of nitrogens with zero attached hydrogens (tertiary/aromatic N) is 1. The second-order valence-corrected chi connectivity index (χ2v) is 3.63. The molecule has 0 aliphatic carbocycles. The summed E-state index contributed by atoms with van der Waals surface area (Å²) in [5, 5.41) is 11.9. The van der Waals surface area contributed by atoms with Crippen LogP contribution in [-0.4, -0.2) is 7.11 Å². The van der Waals surface area contributed by atoms with Gasteiger partial charge in [-0.1, -0.05) is 12.1 Å². The monoisotopic (exact) mass is 242 g/mol. The SMILES string of the molecule is COc1cccc(Nc2cccc(F)c2C#N)c1. The average molecular weight is 242 g/mol. The lowest BCUT2D eigenvalue weighted by Gasteiger charge is -2.09. The Morgan fingerprint density at radius 2 is 2.00 bits per heavy atom. The number of nitriles is 1. The molecular formula is C14H11FN2O. The van der Waals surface area contributed by atoms with Gasteiger partial charge in [0.25, 0.3) is 0 Å². The Hall–Kier alpha value is -2.54. The molecule has 2 aromatic rings. The van der Waals surface area contributed by atoms with Crippen LogP contribution in [0, 0.1) is 17.1 Å². The molecule has 1 N–H and O–H groups in total. The van der Waals surface area contributed by atoms with Gasteiger partial charge in [-0.25, -0.2) is 4.39 Å². The van der Waals surface area contributed by atoms with Gasteiger partial charge in [0.05, 0.1) is 12.8 Å². The predicted octanol–water partition coefficient (Wildman–Crippen LogP) is 3.45. The van der Waals surface area contributed by atoms with E-state index in [9.17, 15) is 4.39 Å². The van der Waals surface area contributed by atoms with Crippen molar-refractivity contribution in [2.45, 2.75) is 0 Å². The second-order valence-electron chi connectivity index (χ2n) is 3.63. The number of anilines is 2. The normalized spacial score (nSPS) is 9.61. The third kappa shape index (κ3) is 2.41. The first-order valence-corrected chi connectivity index (χ1v) is 5.34. The van der Waals surface area contributed by atoms with Gasteiger partial charge in [-0.15, -0.1) is 0 Å². The summed E-state index contributed by atoms with van der Waals surface area (Å²) in [6, 6.07) is 13.5. The highest BCUT2D eigenvalue weighted by atomic mass is 19.1. The zero-order valence-electron chi connectivity index (χ0n) is 9.77. The van der Waals surface area contributed by atoms with Gasteiger partial charge in [-0.05, 0) is 24.3 Å². The second kappa shape index (κ2) is 5.19. The van der Waals surface area contributed by atoms with Crippen LogP contribution in [0.1, 0.15) is 5.56 Å². The number of methoxy groups -OCH3 is 1. The molecule has 0 aliphatic rings. The molecule has 2 rings (SSSR count). The largest absolute Gasteiger partial charge is 0.497 e. The number of nitrogens with one attached hydrogen (secondary N) is 1. The standard InChI is InChI=1S/C14H11FN2O/c1-18-11-5-2-4-10(8-11)17-14-7-3-6-13(15)12(14)9-16/h2-8,17H,1H3. The Labute approximate surface area is 104 Å². The molecule has 0 unspecified atom stereocenters. The topological polar surface area (TPSA) is 45.0 Å². The van der Waals surface area contributed by atoms with Crippen LogP contribution in [0.25, 0.3) is 0 Å². The number of rotatable bonds is 3. The lowest BCUT2D eigenvalue weighted by atomic mass is 10.1. The molecule has 0 saturated carbocycles. The average Bonchev–Trinajstić information content (AvgIpc) is 2.39. The van der Waals surface area contributed by atoms with E-state index in [4.69, 9.17) is 10.00 Å². The van der Waals surface area contributed by atoms with Gasteiger partial charge in [0, 0.05) is 11.8 Å². The van der Waals surface area contributed by atoms with Crippen molar-refractivity contribution in [3.63, 3.8) is 0 Å². The summed E-state index contributed by atoms with van der Waals surface area (Å²) in [6.45, 7) is 0. The Morgan fingerprint density at radius 1 is 1.22 bits per heavy atom. The van der Waals surface area contributed by atoms with Crippen LogP contribution in [-0.2, 0) is 0 Å². The van der Waals surface area contributed by atoms with E-state index in [1.165, 1.54) is 6.07 Å². The van der Waals surface area contributed by atoms with E-state index >= 15 is 0 Å². The van der Waals surface area contributed by atoms with Gasteiger partial charge >= 0.3 is 0 Å². The molecule has 0 aliphatic heterocycles. The third-order valence-corrected chi connectivity index (χ3v) is 2.47. The zero-order chi connectivity index (χ0) is 13.0. The maximum atomic E-state index is 13.4. The first-order valence-electron chi connectivity index (χ1n) is 5.34. The lowest BCUT2D eigenvalue weighted by molar-refractivity contribution is 0.415. The van der Waals surface area contributed by atoms with Gasteiger partial charge in [0.1, 0.15) is 23.2 Å². The first-order chi connectivity index (χ1) is 8.74. The number of hydrogen-bond acceptors (Lipinski definition) is 3. The molecule has 0 aromatic heterocycles. The highest BCUT2D eigenvalue weighted by Gasteiger charge is 2.07. The Balaban J connectivity index is 2.34. The Morgan fingerprint density at radius 3 is 2.72 bits per heavy atom. The molecule has 3 nitrogen and oxygen atoms in total. The maximum Gasteiger partial charge on any atom is 0.143 e. The molecule has 18 heavy (non-hydrogen) atoms. The van der Waals surface area contributed by atoms with E-state index in [-0.39, 0.29) is 5.56 Å². The van der Waals surface area contributed by atoms with Gasteiger partial charge in [-0.2, -0.15) is 5.26 Å². The van der Waals surface area contributed by atoms with E-state index in [0.717, 1.165) is 5.69 Å². The van der Waals surface area contributed by atoms with Crippen molar-refractivity contribution in [3.05, 3.63) is 53.8 Å². The summed E-state index contributed by atoms with van der Waals surface area (Å²) >= 11 is 0. The van der Waals surface area contributed by atoms with Gasteiger partial charge in [-0.3, -0.25) is 0 Å². The minimum Gasteiger partial charge on any atom is -0.497 e. The molecule has 2 aromatic carbocycles. The van der Waals surface area contributed by atoms with Crippen molar-refractivity contribution >= 4 is 11.4 Å². The lowest BCUT2D eigenvalue weighted by Crippen LogP contribution is -1.96. The van der Waals surface area contributed by atoms with Crippen LogP contribution < -0.4 is 10.1 Å². The molecule has 0 spiro atoms. The molecule has 4 heteroatoms. The summed E-state index contributed by atoms with van der Waals surface area (Å²) in [6.07, 6.45) is 0. The number of ether oxygens (including phenoxy) is 1. The van der Waals surface area contributed by atoms with Crippen LogP contribution in [0.3, 0.4) is 0 Å². The van der Waals surface area contributed by atoms with Crippen molar-refractivity contribution in [1.29, 1.82) is 5.26 Å². The zero-order valence-corrected chi connectivity index (χ0v) is 9.77. The summed E-state index contributed by atoms with van der Waals surface area (Å²) in [4.78, 5) is 0. The predicted molar refractivity (Wildman–Crippen MR) is 67.4 cm³/mol. The minimum atomic E-state index is -0.537. The van der Waals surface area contributed by atoms with Crippen LogP contribution in [0.5, 0.6) is 5.75 Å². The molecule has 0 atom stereocenters. The number of halogens is 1. The van der Waals surface area contributed by atoms with Gasteiger partial charge in [0.15, 0.2) is 0 Å². The van der Waals surface area contributed by atoms with Gasteiger partial charge < -0.3 is 10.1 Å². The Kier molecular flexibility index (Phi) is 3.44. The van der Waals surface area contributed by atoms with E-state index < -0.39 is 5.82 Å². The fourth-order valence-electron chi connectivity index (χ4n) is 1.60. The van der Waals surface area contributed by atoms with E-state index in [0.29, 0.717) is 11.4 Å². The van der Waals surface area contributed by atoms with Crippen molar-refractivity contribution in [2.24, 2.45) is 0 Å². The fourth-order valence-corrected chi connectivity index (χ4v) is 1.60. The molecule has 0 fully saturated rings. The van der Waals surface area contributed by atoms with Crippen molar-refractivity contribution < 1.29 is 9.13 Å². The van der Waals surface area contributed by atoms with Crippen LogP contribution in [0.2, 0.25) is 0 Å². The van der Waals surface area contributed by atoms with E-state index in [1.807, 2.05) is 24.3 Å². The smallest absolute Gasteiger partial charge is 0.143 e. The summed E-state index contributed by atoms with van der Waals surface area (Å²) in [5.74, 6) is 0.153. The highest BCUT2D eigenvalue weighted by Crippen LogP contribution is 2.24. The van der Waals surface area contributed by atoms with E-state index in [1.54, 1.807) is 25.3 Å². The van der Waals surface area contributed by atoms with Crippen LogP contribution >= 0.6 is 0 Å². The third-order valence-electron chi connectivity index (χ3n) is 2.47. The first kappa shape index (κ1) is 11.9. The minimum absolute atomic E-state index is 0.000296. The van der Waals surface area contributed by atoms with E-state index in [2.05, 4.69) is 5.32 Å². The maximum absolute atomic E-state index is 13.4. The van der Waals surface area contributed by atoms with Crippen LogP contribution in [0.4, 0.5) is 15.8 Å². The van der Waals surface area contributed by atoms with Crippen molar-refractivity contribution in [1.82, 2.24) is 0 Å². The fraction of sp³-hybridized carbons (Fsp3) is 0.0714. The summed E-state index contributed by atoms with van der Waals surface area (Å²) in [5.41, 5.74) is 1.17. The molecule has 90 valence electrons. The number of benzene rings is 2. The summed E-state index contributed by atoms with van der Waals surface area (Å²) < 4.78 is 18.5. The van der Waals surface area contributed by atoms with Crippen molar-refractivity contribution in [3.8, 4) is 11.8 Å². The molecular weight excluding hydrogens is 231 g/mol. The highest BCUT2D eigenvalue weighted by molar-refractivity contribution is 5.67. The van der Waals surface area contributed by atoms with Crippen LogP contribution in [0.15, 0.2) is 42.5 Å².